The summed E-state index contributed by atoms with van der Waals surface area (Å²) in [4.78, 5) is 20.0. The van der Waals surface area contributed by atoms with Crippen molar-refractivity contribution < 1.29 is 4.79 Å². The summed E-state index contributed by atoms with van der Waals surface area (Å²) in [6.07, 6.45) is 6.31. The number of para-hydroxylation sites is 2. The first-order valence-electron chi connectivity index (χ1n) is 6.22. The van der Waals surface area contributed by atoms with Gasteiger partial charge in [0.25, 0.3) is 5.91 Å². The highest BCUT2D eigenvalue weighted by molar-refractivity contribution is 6.06. The van der Waals surface area contributed by atoms with Crippen LogP contribution in [0.15, 0.2) is 55.1 Å². The number of carbonyl (C=O) groups is 1. The number of nitrogens with zero attached hydrogens (tertiary/aromatic N) is 4. The molecule has 104 valence electrons. The largest absolute Gasteiger partial charge is 0.382 e. The monoisotopic (exact) mass is 280 g/mol. The van der Waals surface area contributed by atoms with Crippen LogP contribution in [0.1, 0.15) is 10.5 Å². The third-order valence-corrected chi connectivity index (χ3v) is 2.85. The molecule has 1 amide bonds. The molecule has 0 atom stereocenters. The van der Waals surface area contributed by atoms with E-state index in [1.54, 1.807) is 29.2 Å². The SMILES string of the molecule is Nc1nccnc1C(=O)Nc1ccccc1-n1cccn1. The third-order valence-electron chi connectivity index (χ3n) is 2.85. The first kappa shape index (κ1) is 12.8. The van der Waals surface area contributed by atoms with Gasteiger partial charge in [-0.2, -0.15) is 5.10 Å². The summed E-state index contributed by atoms with van der Waals surface area (Å²) in [5.74, 6) is -0.327. The maximum Gasteiger partial charge on any atom is 0.278 e. The second-order valence-electron chi connectivity index (χ2n) is 4.21. The molecule has 7 nitrogen and oxygen atoms in total. The van der Waals surface area contributed by atoms with Gasteiger partial charge >= 0.3 is 0 Å². The van der Waals surface area contributed by atoms with Gasteiger partial charge in [0.1, 0.15) is 0 Å². The second kappa shape index (κ2) is 5.41. The molecule has 0 spiro atoms. The summed E-state index contributed by atoms with van der Waals surface area (Å²) < 4.78 is 1.66. The number of anilines is 2. The minimum Gasteiger partial charge on any atom is -0.382 e. The van der Waals surface area contributed by atoms with Crippen LogP contribution in [-0.2, 0) is 0 Å². The van der Waals surface area contributed by atoms with Gasteiger partial charge in [0.2, 0.25) is 0 Å². The van der Waals surface area contributed by atoms with Gasteiger partial charge in [0.05, 0.1) is 11.4 Å². The smallest absolute Gasteiger partial charge is 0.278 e. The van der Waals surface area contributed by atoms with Gasteiger partial charge in [-0.1, -0.05) is 12.1 Å². The molecule has 0 unspecified atom stereocenters. The molecule has 3 N–H and O–H groups in total. The molecule has 0 aliphatic carbocycles. The van der Waals surface area contributed by atoms with Crippen molar-refractivity contribution in [3.8, 4) is 5.69 Å². The zero-order valence-corrected chi connectivity index (χ0v) is 11.0. The van der Waals surface area contributed by atoms with Crippen molar-refractivity contribution in [1.29, 1.82) is 0 Å². The quantitative estimate of drug-likeness (QED) is 0.757. The number of nitrogens with one attached hydrogen (secondary N) is 1. The van der Waals surface area contributed by atoms with Crippen LogP contribution in [-0.4, -0.2) is 25.7 Å². The number of carbonyl (C=O) groups excluding carboxylic acids is 1. The molecule has 0 fully saturated rings. The number of rotatable bonds is 3. The molecule has 0 bridgehead atoms. The van der Waals surface area contributed by atoms with Gasteiger partial charge in [-0.05, 0) is 18.2 Å². The number of hydrogen-bond acceptors (Lipinski definition) is 5. The van der Waals surface area contributed by atoms with Crippen molar-refractivity contribution >= 4 is 17.4 Å². The van der Waals surface area contributed by atoms with Crippen molar-refractivity contribution in [3.05, 3.63) is 60.8 Å². The number of benzene rings is 1. The summed E-state index contributed by atoms with van der Waals surface area (Å²) >= 11 is 0. The Labute approximate surface area is 120 Å². The van der Waals surface area contributed by atoms with E-state index < -0.39 is 5.91 Å². The highest BCUT2D eigenvalue weighted by atomic mass is 16.1. The second-order valence-corrected chi connectivity index (χ2v) is 4.21. The van der Waals surface area contributed by atoms with Crippen molar-refractivity contribution in [2.45, 2.75) is 0 Å². The lowest BCUT2D eigenvalue weighted by molar-refractivity contribution is 0.102. The van der Waals surface area contributed by atoms with Crippen LogP contribution in [0.5, 0.6) is 0 Å². The van der Waals surface area contributed by atoms with Gasteiger partial charge in [0.15, 0.2) is 11.5 Å². The van der Waals surface area contributed by atoms with Crippen molar-refractivity contribution in [2.75, 3.05) is 11.1 Å². The van der Waals surface area contributed by atoms with E-state index in [-0.39, 0.29) is 11.5 Å². The maximum atomic E-state index is 12.2. The molecule has 21 heavy (non-hydrogen) atoms. The average molecular weight is 280 g/mol. The molecule has 1 aromatic carbocycles. The van der Waals surface area contributed by atoms with E-state index in [1.165, 1.54) is 12.4 Å². The van der Waals surface area contributed by atoms with Gasteiger partial charge in [-0.15, -0.1) is 0 Å². The fraction of sp³-hybridized carbons (Fsp3) is 0. The maximum absolute atomic E-state index is 12.2. The Hall–Kier alpha value is -3.22. The van der Waals surface area contributed by atoms with Crippen LogP contribution in [0, 0.1) is 0 Å². The average Bonchev–Trinajstić information content (AvgIpc) is 3.02. The number of nitrogens with two attached hydrogens (primary N) is 1. The van der Waals surface area contributed by atoms with Gasteiger partial charge < -0.3 is 11.1 Å². The number of nitrogen functional groups attached to an aromatic ring is 1. The molecular formula is C14H12N6O. The molecule has 0 radical (unpaired) electrons. The predicted molar refractivity (Wildman–Crippen MR) is 78.0 cm³/mol. The molecule has 0 saturated carbocycles. The van der Waals surface area contributed by atoms with Gasteiger partial charge in [-0.25, -0.2) is 14.6 Å². The fourth-order valence-corrected chi connectivity index (χ4v) is 1.90. The first-order valence-corrected chi connectivity index (χ1v) is 6.22. The molecule has 3 aromatic rings. The molecule has 7 heteroatoms. The highest BCUT2D eigenvalue weighted by Crippen LogP contribution is 2.20. The normalized spacial score (nSPS) is 10.3. The van der Waals surface area contributed by atoms with Crippen LogP contribution in [0.25, 0.3) is 5.69 Å². The Balaban J connectivity index is 1.93. The van der Waals surface area contributed by atoms with Crippen LogP contribution in [0.2, 0.25) is 0 Å². The Morgan fingerprint density at radius 3 is 2.67 bits per heavy atom. The van der Waals surface area contributed by atoms with E-state index >= 15 is 0 Å². The fourth-order valence-electron chi connectivity index (χ4n) is 1.90. The minimum atomic E-state index is -0.416. The van der Waals surface area contributed by atoms with E-state index in [0.717, 1.165) is 5.69 Å². The highest BCUT2D eigenvalue weighted by Gasteiger charge is 2.14. The molecule has 2 heterocycles. The van der Waals surface area contributed by atoms with Crippen molar-refractivity contribution in [1.82, 2.24) is 19.7 Å². The topological polar surface area (TPSA) is 98.7 Å². The Kier molecular flexibility index (Phi) is 3.30. The number of hydrogen-bond donors (Lipinski definition) is 2. The van der Waals surface area contributed by atoms with E-state index in [1.807, 2.05) is 18.2 Å². The summed E-state index contributed by atoms with van der Waals surface area (Å²) in [5.41, 5.74) is 7.10. The van der Waals surface area contributed by atoms with Gasteiger partial charge in [-0.3, -0.25) is 4.79 Å². The first-order chi connectivity index (χ1) is 10.3. The Bertz CT molecular complexity index is 769. The standard InChI is InChI=1S/C14H12N6O/c15-13-12(16-7-8-17-13)14(21)19-10-4-1-2-5-11(10)20-9-3-6-18-20/h1-9H,(H2,15,17)(H,19,21). The molecular weight excluding hydrogens is 268 g/mol. The lowest BCUT2D eigenvalue weighted by Gasteiger charge is -2.11. The lowest BCUT2D eigenvalue weighted by Crippen LogP contribution is -2.17. The zero-order valence-electron chi connectivity index (χ0n) is 11.0. The molecule has 2 aromatic heterocycles. The van der Waals surface area contributed by atoms with Crippen LogP contribution in [0.4, 0.5) is 11.5 Å². The molecule has 0 aliphatic rings. The van der Waals surface area contributed by atoms with E-state index in [9.17, 15) is 4.79 Å². The van der Waals surface area contributed by atoms with Crippen molar-refractivity contribution in [3.63, 3.8) is 0 Å². The van der Waals surface area contributed by atoms with Crippen LogP contribution >= 0.6 is 0 Å². The third kappa shape index (κ3) is 2.57. The summed E-state index contributed by atoms with van der Waals surface area (Å²) in [7, 11) is 0. The van der Waals surface area contributed by atoms with Crippen LogP contribution < -0.4 is 11.1 Å². The molecule has 0 aliphatic heterocycles. The van der Waals surface area contributed by atoms with E-state index in [4.69, 9.17) is 5.73 Å². The van der Waals surface area contributed by atoms with Crippen LogP contribution in [0.3, 0.4) is 0 Å². The summed E-state index contributed by atoms with van der Waals surface area (Å²) in [6, 6.07) is 9.12. The zero-order chi connectivity index (χ0) is 14.7. The van der Waals surface area contributed by atoms with Gasteiger partial charge in [0, 0.05) is 24.8 Å². The molecule has 3 rings (SSSR count). The minimum absolute atomic E-state index is 0.0894. The molecule has 0 saturated heterocycles. The number of amides is 1. The Morgan fingerprint density at radius 2 is 1.90 bits per heavy atom. The number of aromatic nitrogens is 4. The van der Waals surface area contributed by atoms with Crippen molar-refractivity contribution in [2.24, 2.45) is 0 Å². The lowest BCUT2D eigenvalue weighted by atomic mass is 10.2. The summed E-state index contributed by atoms with van der Waals surface area (Å²) in [6.45, 7) is 0. The summed E-state index contributed by atoms with van der Waals surface area (Å²) in [5, 5.41) is 6.93. The predicted octanol–water partition coefficient (Wildman–Crippen LogP) is 1.50. The Morgan fingerprint density at radius 1 is 1.10 bits per heavy atom. The van der Waals surface area contributed by atoms with E-state index in [2.05, 4.69) is 20.4 Å². The van der Waals surface area contributed by atoms with E-state index in [0.29, 0.717) is 5.69 Å².